The number of methoxy groups -OCH3 is 1. The quantitative estimate of drug-likeness (QED) is 0.0948. The van der Waals surface area contributed by atoms with E-state index in [-0.39, 0.29) is 36.1 Å². The average Bonchev–Trinajstić information content (AvgIpc) is 2.92. The van der Waals surface area contributed by atoms with E-state index in [4.69, 9.17) is 9.47 Å². The highest BCUT2D eigenvalue weighted by Gasteiger charge is 2.48. The van der Waals surface area contributed by atoms with E-state index in [1.165, 1.54) is 44.9 Å². The van der Waals surface area contributed by atoms with Gasteiger partial charge in [0.2, 0.25) is 0 Å². The highest BCUT2D eigenvalue weighted by molar-refractivity contribution is 7.90. The molecule has 0 amide bonds. The molecule has 4 atom stereocenters. The Labute approximate surface area is 258 Å². The largest absolute Gasteiger partial charge is 0.511 e. The summed E-state index contributed by atoms with van der Waals surface area (Å²) in [6.07, 6.45) is 11.3. The molecule has 43 heavy (non-hydrogen) atoms. The van der Waals surface area contributed by atoms with Crippen molar-refractivity contribution in [3.8, 4) is 0 Å². The zero-order chi connectivity index (χ0) is 32.6. The molecule has 0 aliphatic carbocycles. The summed E-state index contributed by atoms with van der Waals surface area (Å²) >= 11 is 0. The van der Waals surface area contributed by atoms with E-state index >= 15 is 0 Å². The van der Waals surface area contributed by atoms with Gasteiger partial charge in [0.25, 0.3) is 0 Å². The minimum Gasteiger partial charge on any atom is -0.462 e. The van der Waals surface area contributed by atoms with Gasteiger partial charge in [-0.25, -0.2) is 8.42 Å². The Bertz CT molecular complexity index is 998. The van der Waals surface area contributed by atoms with Gasteiger partial charge in [0.15, 0.2) is 0 Å². The van der Waals surface area contributed by atoms with Crippen LogP contribution in [0.3, 0.4) is 0 Å². The molecule has 1 heterocycles. The number of unbranched alkanes of at least 4 members (excludes halogenated alkanes) is 6. The Morgan fingerprint density at radius 1 is 0.977 bits per heavy atom. The molecule has 0 saturated carbocycles. The van der Waals surface area contributed by atoms with Gasteiger partial charge in [-0.3, -0.25) is 9.69 Å². The van der Waals surface area contributed by atoms with Crippen molar-refractivity contribution in [1.82, 2.24) is 9.62 Å². The van der Waals surface area contributed by atoms with Crippen LogP contribution in [-0.4, -0.2) is 56.3 Å². The summed E-state index contributed by atoms with van der Waals surface area (Å²) in [6, 6.07) is 9.16. The molecule has 0 spiro atoms. The third-order valence-corrected chi connectivity index (χ3v) is 9.11. The van der Waals surface area contributed by atoms with Crippen LogP contribution in [0.25, 0.3) is 0 Å². The van der Waals surface area contributed by atoms with Crippen molar-refractivity contribution in [2.75, 3.05) is 7.11 Å². The Morgan fingerprint density at radius 3 is 2.00 bits per heavy atom. The average molecular weight is 637 g/mol. The smallest absolute Gasteiger partial charge is 0.462 e. The van der Waals surface area contributed by atoms with Gasteiger partial charge in [-0.15, -0.1) is 0 Å². The summed E-state index contributed by atoms with van der Waals surface area (Å²) in [5.41, 5.74) is -4.42. The van der Waals surface area contributed by atoms with Crippen LogP contribution in [0.4, 0.5) is 13.2 Å². The van der Waals surface area contributed by atoms with E-state index in [0.717, 1.165) is 18.4 Å². The topological polar surface area (TPSA) is 84.9 Å². The first-order valence-corrected chi connectivity index (χ1v) is 17.2. The SMILES string of the molecule is CC(C)[C@@H](C)N(Cc1ccccc1)[C@H](NS(=O)(=O)C(F)(F)F)C(C)C.CCCCCCCCCC(C[C@@H]1CC(=O)O1)OC. The van der Waals surface area contributed by atoms with E-state index in [2.05, 4.69) is 6.92 Å². The third kappa shape index (κ3) is 14.8. The summed E-state index contributed by atoms with van der Waals surface area (Å²) in [5.74, 6) is -0.270. The van der Waals surface area contributed by atoms with Crippen LogP contribution in [0.2, 0.25) is 0 Å². The van der Waals surface area contributed by atoms with Gasteiger partial charge in [-0.05, 0) is 30.7 Å². The molecule has 1 aromatic carbocycles. The van der Waals surface area contributed by atoms with Crippen LogP contribution in [0, 0.1) is 11.8 Å². The molecule has 1 aliphatic rings. The number of carbonyl (C=O) groups is 1. The van der Waals surface area contributed by atoms with Gasteiger partial charge < -0.3 is 9.47 Å². The maximum atomic E-state index is 12.8. The lowest BCUT2D eigenvalue weighted by molar-refractivity contribution is -0.172. The monoisotopic (exact) mass is 636 g/mol. The van der Waals surface area contributed by atoms with E-state index in [0.29, 0.717) is 13.0 Å². The second kappa shape index (κ2) is 19.6. The summed E-state index contributed by atoms with van der Waals surface area (Å²) < 4.78 is 74.2. The minimum absolute atomic E-state index is 0.0641. The second-order valence-electron chi connectivity index (χ2n) is 12.2. The van der Waals surface area contributed by atoms with Crippen molar-refractivity contribution in [2.45, 2.75) is 142 Å². The predicted molar refractivity (Wildman–Crippen MR) is 166 cm³/mol. The van der Waals surface area contributed by atoms with Crippen molar-refractivity contribution < 1.29 is 35.9 Å². The Morgan fingerprint density at radius 2 is 1.53 bits per heavy atom. The molecule has 250 valence electrons. The molecule has 1 N–H and O–H groups in total. The number of sulfonamides is 1. The van der Waals surface area contributed by atoms with Gasteiger partial charge in [0.05, 0.1) is 18.7 Å². The van der Waals surface area contributed by atoms with Crippen LogP contribution < -0.4 is 4.72 Å². The van der Waals surface area contributed by atoms with Crippen LogP contribution in [0.5, 0.6) is 0 Å². The van der Waals surface area contributed by atoms with Crippen molar-refractivity contribution in [3.05, 3.63) is 35.9 Å². The van der Waals surface area contributed by atoms with E-state index < -0.39 is 21.7 Å². The highest BCUT2D eigenvalue weighted by atomic mass is 32.2. The molecule has 2 rings (SSSR count). The number of rotatable bonds is 19. The summed E-state index contributed by atoms with van der Waals surface area (Å²) in [4.78, 5) is 12.5. The Balaban J connectivity index is 0.000000453. The fourth-order valence-electron chi connectivity index (χ4n) is 4.93. The van der Waals surface area contributed by atoms with Gasteiger partial charge >= 0.3 is 21.5 Å². The summed E-state index contributed by atoms with van der Waals surface area (Å²) in [7, 11) is -3.67. The molecular weight excluding hydrogens is 581 g/mol. The number of alkyl halides is 3. The molecule has 11 heteroatoms. The number of cyclic esters (lactones) is 1. The fourth-order valence-corrected chi connectivity index (χ4v) is 5.79. The first-order valence-electron chi connectivity index (χ1n) is 15.7. The van der Waals surface area contributed by atoms with Crippen molar-refractivity contribution in [1.29, 1.82) is 0 Å². The van der Waals surface area contributed by atoms with Crippen LogP contribution in [0.15, 0.2) is 30.3 Å². The lowest BCUT2D eigenvalue weighted by Crippen LogP contribution is -2.57. The first-order chi connectivity index (χ1) is 20.1. The molecule has 1 unspecified atom stereocenters. The number of benzene rings is 1. The number of nitrogens with zero attached hydrogens (tertiary/aromatic N) is 1. The Kier molecular flexibility index (Phi) is 18.0. The van der Waals surface area contributed by atoms with Crippen molar-refractivity contribution >= 4 is 16.0 Å². The number of halogens is 3. The van der Waals surface area contributed by atoms with Gasteiger partial charge in [-0.1, -0.05) is 110 Å². The molecule has 1 saturated heterocycles. The van der Waals surface area contributed by atoms with Crippen LogP contribution >= 0.6 is 0 Å². The highest BCUT2D eigenvalue weighted by Crippen LogP contribution is 2.27. The number of ether oxygens (including phenoxy) is 2. The van der Waals surface area contributed by atoms with Crippen molar-refractivity contribution in [3.63, 3.8) is 0 Å². The predicted octanol–water partition coefficient (Wildman–Crippen LogP) is 7.80. The normalized spacial score (nSPS) is 17.7. The second-order valence-corrected chi connectivity index (χ2v) is 13.9. The number of nitrogens with one attached hydrogen (secondary N) is 1. The van der Waals surface area contributed by atoms with Crippen molar-refractivity contribution in [2.24, 2.45) is 11.8 Å². The number of hydrogen-bond donors (Lipinski definition) is 1. The minimum atomic E-state index is -5.43. The maximum Gasteiger partial charge on any atom is 0.511 e. The number of esters is 1. The maximum absolute atomic E-state index is 12.8. The lowest BCUT2D eigenvalue weighted by atomic mass is 10.00. The molecule has 0 bridgehead atoms. The van der Waals surface area contributed by atoms with Gasteiger partial charge in [0.1, 0.15) is 6.10 Å². The van der Waals surface area contributed by atoms with E-state index in [9.17, 15) is 26.4 Å². The number of carbonyl (C=O) groups excluding carboxylic acids is 1. The van der Waals surface area contributed by atoms with E-state index in [1.54, 1.807) is 25.9 Å². The van der Waals surface area contributed by atoms with Gasteiger partial charge in [0, 0.05) is 26.1 Å². The zero-order valence-corrected chi connectivity index (χ0v) is 28.0. The fraction of sp³-hybridized carbons (Fsp3) is 0.781. The van der Waals surface area contributed by atoms with E-state index in [1.807, 2.05) is 55.8 Å². The summed E-state index contributed by atoms with van der Waals surface area (Å²) in [6.45, 7) is 11.8. The standard InChI is InChI=1S/C17H27F3N2O2S.C15H28O3/c1-12(2)14(5)22(11-15-9-7-6-8-10-15)16(13(3)4)21-25(23,24)17(18,19)20;1-3-4-5-6-7-8-9-10-13(17-2)11-14-12-15(16)18-14/h6-10,12-14,16,21H,11H2,1-5H3;13-14H,3-12H2,1-2H3/t14-,16+;13?,14-/m11/s1. The lowest BCUT2D eigenvalue weighted by Gasteiger charge is -2.40. The van der Waals surface area contributed by atoms with Crippen LogP contribution in [0.1, 0.15) is 111 Å². The number of hydrogen-bond acceptors (Lipinski definition) is 6. The third-order valence-electron chi connectivity index (χ3n) is 7.95. The molecule has 1 fully saturated rings. The zero-order valence-electron chi connectivity index (χ0n) is 27.2. The van der Waals surface area contributed by atoms with Gasteiger partial charge in [-0.2, -0.15) is 17.9 Å². The molecule has 0 radical (unpaired) electrons. The molecule has 0 aromatic heterocycles. The molecule has 7 nitrogen and oxygen atoms in total. The summed E-state index contributed by atoms with van der Waals surface area (Å²) in [5, 5.41) is 0. The molecular formula is C32H55F3N2O5S. The first kappa shape index (κ1) is 39.3. The molecule has 1 aliphatic heterocycles. The Hall–Kier alpha value is -1.69. The van der Waals surface area contributed by atoms with Crippen LogP contribution in [-0.2, 0) is 30.8 Å². The molecule has 1 aromatic rings.